The van der Waals surface area contributed by atoms with Crippen molar-refractivity contribution in [2.75, 3.05) is 18.5 Å². The van der Waals surface area contributed by atoms with Crippen LogP contribution in [0.1, 0.15) is 13.3 Å². The Kier molecular flexibility index (Phi) is 3.86. The van der Waals surface area contributed by atoms with Crippen LogP contribution in [-0.4, -0.2) is 19.1 Å². The van der Waals surface area contributed by atoms with Crippen molar-refractivity contribution >= 4 is 5.69 Å². The zero-order chi connectivity index (χ0) is 12.2. The second-order valence-corrected chi connectivity index (χ2v) is 4.18. The summed E-state index contributed by atoms with van der Waals surface area (Å²) in [5, 5.41) is 8.77. The molecule has 0 aliphatic rings. The molecule has 0 heterocycles. The molecule has 0 bridgehead atoms. The van der Waals surface area contributed by atoms with Gasteiger partial charge >= 0.3 is 0 Å². The molecule has 0 aromatic heterocycles. The second kappa shape index (κ2) is 4.95. The largest absolute Gasteiger partial charge is 0.374 e. The van der Waals surface area contributed by atoms with Crippen LogP contribution in [0.4, 0.5) is 10.1 Å². The number of hydrogen-bond donors (Lipinski definition) is 1. The Balaban J connectivity index is 2.60. The predicted octanol–water partition coefficient (Wildman–Crippen LogP) is 1.89. The topological polar surface area (TPSA) is 53.0 Å². The second-order valence-electron chi connectivity index (χ2n) is 4.18. The van der Waals surface area contributed by atoms with Gasteiger partial charge in [0.25, 0.3) is 0 Å². The van der Waals surface area contributed by atoms with Gasteiger partial charge in [0, 0.05) is 19.3 Å². The number of halogens is 1. The molecule has 1 atom stereocenters. The molecule has 1 aromatic rings. The molecule has 0 aliphatic heterocycles. The van der Waals surface area contributed by atoms with Crippen LogP contribution in [0.25, 0.3) is 0 Å². The Morgan fingerprint density at radius 1 is 1.56 bits per heavy atom. The summed E-state index contributed by atoms with van der Waals surface area (Å²) in [5.41, 5.74) is 5.66. The molecule has 4 heteroatoms. The average molecular weight is 221 g/mol. The fraction of sp³-hybridized carbons (Fsp3) is 0.417. The summed E-state index contributed by atoms with van der Waals surface area (Å²) < 4.78 is 13.0. The van der Waals surface area contributed by atoms with Crippen LogP contribution >= 0.6 is 0 Å². The summed E-state index contributed by atoms with van der Waals surface area (Å²) in [4.78, 5) is 1.88. The number of benzene rings is 1. The molecule has 3 nitrogen and oxygen atoms in total. The Morgan fingerprint density at radius 2 is 2.25 bits per heavy atom. The first-order valence-electron chi connectivity index (χ1n) is 5.11. The van der Waals surface area contributed by atoms with Crippen LogP contribution in [-0.2, 0) is 0 Å². The van der Waals surface area contributed by atoms with E-state index >= 15 is 0 Å². The zero-order valence-corrected chi connectivity index (χ0v) is 9.57. The maximum absolute atomic E-state index is 13.0. The SMILES string of the molecule is CN(CCC(C)(N)C#N)c1cccc(F)c1. The quantitative estimate of drug-likeness (QED) is 0.844. The normalized spacial score (nSPS) is 13.9. The van der Waals surface area contributed by atoms with E-state index in [9.17, 15) is 4.39 Å². The van der Waals surface area contributed by atoms with Crippen LogP contribution in [0.15, 0.2) is 24.3 Å². The van der Waals surface area contributed by atoms with E-state index < -0.39 is 5.54 Å². The van der Waals surface area contributed by atoms with E-state index in [1.165, 1.54) is 12.1 Å². The minimum Gasteiger partial charge on any atom is -0.374 e. The van der Waals surface area contributed by atoms with E-state index in [-0.39, 0.29) is 5.82 Å². The van der Waals surface area contributed by atoms with Crippen molar-refractivity contribution in [2.24, 2.45) is 5.73 Å². The van der Waals surface area contributed by atoms with Crippen LogP contribution in [0, 0.1) is 17.1 Å². The lowest BCUT2D eigenvalue weighted by molar-refractivity contribution is 0.546. The molecule has 0 saturated heterocycles. The lowest BCUT2D eigenvalue weighted by atomic mass is 10.0. The molecule has 2 N–H and O–H groups in total. The number of anilines is 1. The van der Waals surface area contributed by atoms with E-state index in [4.69, 9.17) is 11.0 Å². The van der Waals surface area contributed by atoms with E-state index in [1.54, 1.807) is 13.0 Å². The van der Waals surface area contributed by atoms with Crippen molar-refractivity contribution in [2.45, 2.75) is 18.9 Å². The first-order chi connectivity index (χ1) is 7.44. The zero-order valence-electron chi connectivity index (χ0n) is 9.57. The van der Waals surface area contributed by atoms with Crippen LogP contribution in [0.2, 0.25) is 0 Å². The maximum atomic E-state index is 13.0. The molecule has 1 unspecified atom stereocenters. The minimum atomic E-state index is -0.832. The van der Waals surface area contributed by atoms with E-state index in [1.807, 2.05) is 24.1 Å². The summed E-state index contributed by atoms with van der Waals surface area (Å²) in [6, 6.07) is 8.38. The van der Waals surface area contributed by atoms with Gasteiger partial charge in [0.05, 0.1) is 6.07 Å². The van der Waals surface area contributed by atoms with Gasteiger partial charge in [-0.2, -0.15) is 5.26 Å². The molecule has 0 spiro atoms. The van der Waals surface area contributed by atoms with E-state index in [0.717, 1.165) is 5.69 Å². The molecule has 1 aromatic carbocycles. The number of nitrogens with zero attached hydrogens (tertiary/aromatic N) is 2. The molecule has 0 saturated carbocycles. The fourth-order valence-electron chi connectivity index (χ4n) is 1.30. The molecule has 0 aliphatic carbocycles. The number of hydrogen-bond acceptors (Lipinski definition) is 3. The molecular formula is C12H16FN3. The molecule has 16 heavy (non-hydrogen) atoms. The van der Waals surface area contributed by atoms with Crippen molar-refractivity contribution in [3.05, 3.63) is 30.1 Å². The van der Waals surface area contributed by atoms with Crippen LogP contribution in [0.5, 0.6) is 0 Å². The fourth-order valence-corrected chi connectivity index (χ4v) is 1.30. The molecular weight excluding hydrogens is 205 g/mol. The van der Waals surface area contributed by atoms with Gasteiger partial charge in [-0.1, -0.05) is 6.07 Å². The van der Waals surface area contributed by atoms with Crippen molar-refractivity contribution in [3.63, 3.8) is 0 Å². The third-order valence-electron chi connectivity index (χ3n) is 2.47. The van der Waals surface area contributed by atoms with Crippen molar-refractivity contribution < 1.29 is 4.39 Å². The molecule has 1 rings (SSSR count). The van der Waals surface area contributed by atoms with Gasteiger partial charge in [0.1, 0.15) is 11.4 Å². The minimum absolute atomic E-state index is 0.264. The highest BCUT2D eigenvalue weighted by atomic mass is 19.1. The third-order valence-corrected chi connectivity index (χ3v) is 2.47. The molecule has 0 fully saturated rings. The number of nitriles is 1. The average Bonchev–Trinajstić information content (AvgIpc) is 2.26. The Morgan fingerprint density at radius 3 is 2.81 bits per heavy atom. The standard InChI is InChI=1S/C12H16FN3/c1-12(15,9-14)6-7-16(2)11-5-3-4-10(13)8-11/h3-5,8H,6-7,15H2,1-2H3. The van der Waals surface area contributed by atoms with Crippen molar-refractivity contribution in [1.29, 1.82) is 5.26 Å². The van der Waals surface area contributed by atoms with Gasteiger partial charge < -0.3 is 10.6 Å². The summed E-state index contributed by atoms with van der Waals surface area (Å²) in [7, 11) is 1.85. The first kappa shape index (κ1) is 12.5. The highest BCUT2D eigenvalue weighted by Gasteiger charge is 2.17. The first-order valence-corrected chi connectivity index (χ1v) is 5.11. The lowest BCUT2D eigenvalue weighted by Crippen LogP contribution is -2.38. The highest BCUT2D eigenvalue weighted by Crippen LogP contribution is 2.15. The lowest BCUT2D eigenvalue weighted by Gasteiger charge is -2.23. The van der Waals surface area contributed by atoms with E-state index in [2.05, 4.69) is 0 Å². The molecule has 0 radical (unpaired) electrons. The molecule has 0 amide bonds. The maximum Gasteiger partial charge on any atom is 0.125 e. The molecule has 86 valence electrons. The predicted molar refractivity (Wildman–Crippen MR) is 62.5 cm³/mol. The van der Waals surface area contributed by atoms with Gasteiger partial charge in [0.2, 0.25) is 0 Å². The number of nitrogens with two attached hydrogens (primary N) is 1. The van der Waals surface area contributed by atoms with Crippen LogP contribution in [0.3, 0.4) is 0 Å². The summed E-state index contributed by atoms with van der Waals surface area (Å²) in [6.07, 6.45) is 0.538. The van der Waals surface area contributed by atoms with Gasteiger partial charge in [-0.3, -0.25) is 0 Å². The highest BCUT2D eigenvalue weighted by molar-refractivity contribution is 5.45. The number of rotatable bonds is 4. The van der Waals surface area contributed by atoms with Crippen molar-refractivity contribution in [3.8, 4) is 6.07 Å². The summed E-state index contributed by atoms with van der Waals surface area (Å²) in [6.45, 7) is 2.30. The third kappa shape index (κ3) is 3.52. The van der Waals surface area contributed by atoms with E-state index in [0.29, 0.717) is 13.0 Å². The van der Waals surface area contributed by atoms with Gasteiger partial charge in [0.15, 0.2) is 0 Å². The Labute approximate surface area is 95.3 Å². The van der Waals surface area contributed by atoms with Gasteiger partial charge in [-0.25, -0.2) is 4.39 Å². The summed E-state index contributed by atoms with van der Waals surface area (Å²) >= 11 is 0. The Bertz CT molecular complexity index is 395. The van der Waals surface area contributed by atoms with Crippen molar-refractivity contribution in [1.82, 2.24) is 0 Å². The Hall–Kier alpha value is -1.60. The smallest absolute Gasteiger partial charge is 0.125 e. The van der Waals surface area contributed by atoms with Gasteiger partial charge in [-0.15, -0.1) is 0 Å². The summed E-state index contributed by atoms with van der Waals surface area (Å²) in [5.74, 6) is -0.264. The van der Waals surface area contributed by atoms with Gasteiger partial charge in [-0.05, 0) is 31.5 Å². The monoisotopic (exact) mass is 221 g/mol. The van der Waals surface area contributed by atoms with Crippen LogP contribution < -0.4 is 10.6 Å².